The van der Waals surface area contributed by atoms with E-state index in [9.17, 15) is 4.79 Å². The number of nitrogens with zero attached hydrogens (tertiary/aromatic N) is 1. The molecule has 1 aromatic heterocycles. The lowest BCUT2D eigenvalue weighted by atomic mass is 10.1. The number of rotatable bonds is 2. The third-order valence-corrected chi connectivity index (χ3v) is 3.41. The Hall–Kier alpha value is -0.690. The van der Waals surface area contributed by atoms with E-state index in [2.05, 4.69) is 36.3 Å². The standard InChI is InChI=1S/C11H13BrClN3O2/c1-18-11(17)8-5-14-7(4-15-8)6-2-9(12)16-10(13)3-6/h2-3,7-8,14-15H,4-5H2,1H3/t7-,8-/m0/s1. The van der Waals surface area contributed by atoms with Gasteiger partial charge in [-0.25, -0.2) is 4.98 Å². The van der Waals surface area contributed by atoms with Crippen LogP contribution in [0, 0.1) is 0 Å². The average molecular weight is 335 g/mol. The summed E-state index contributed by atoms with van der Waals surface area (Å²) in [6.45, 7) is 1.15. The number of carbonyl (C=O) groups excluding carboxylic acids is 1. The number of nitrogens with one attached hydrogen (secondary N) is 2. The molecule has 2 atom stereocenters. The molecule has 1 saturated heterocycles. The summed E-state index contributed by atoms with van der Waals surface area (Å²) >= 11 is 9.22. The number of hydrogen-bond acceptors (Lipinski definition) is 5. The first-order valence-electron chi connectivity index (χ1n) is 5.47. The molecule has 0 unspecified atom stereocenters. The highest BCUT2D eigenvalue weighted by atomic mass is 79.9. The van der Waals surface area contributed by atoms with Crippen molar-refractivity contribution in [2.75, 3.05) is 20.2 Å². The first-order chi connectivity index (χ1) is 8.60. The number of pyridine rings is 1. The predicted molar refractivity (Wildman–Crippen MR) is 71.5 cm³/mol. The summed E-state index contributed by atoms with van der Waals surface area (Å²) in [5.74, 6) is -0.255. The fourth-order valence-electron chi connectivity index (χ4n) is 1.89. The molecule has 0 saturated carbocycles. The highest BCUT2D eigenvalue weighted by Gasteiger charge is 2.26. The number of piperazine rings is 1. The Kier molecular flexibility index (Phi) is 4.55. The Balaban J connectivity index is 2.03. The van der Waals surface area contributed by atoms with Crippen LogP contribution in [0.2, 0.25) is 5.15 Å². The minimum atomic E-state index is -0.299. The van der Waals surface area contributed by atoms with Crippen molar-refractivity contribution in [3.63, 3.8) is 0 Å². The second-order valence-electron chi connectivity index (χ2n) is 3.99. The van der Waals surface area contributed by atoms with Gasteiger partial charge in [-0.15, -0.1) is 0 Å². The van der Waals surface area contributed by atoms with Gasteiger partial charge in [0.25, 0.3) is 0 Å². The molecule has 2 heterocycles. The maximum absolute atomic E-state index is 11.4. The van der Waals surface area contributed by atoms with Crippen molar-refractivity contribution >= 4 is 33.5 Å². The lowest BCUT2D eigenvalue weighted by Crippen LogP contribution is -2.54. The fraction of sp³-hybridized carbons (Fsp3) is 0.455. The summed E-state index contributed by atoms with van der Waals surface area (Å²) in [6, 6.07) is 3.52. The van der Waals surface area contributed by atoms with Crippen molar-refractivity contribution in [1.82, 2.24) is 15.6 Å². The van der Waals surface area contributed by atoms with Gasteiger partial charge >= 0.3 is 5.97 Å². The Bertz CT molecular complexity index is 430. The molecule has 0 bridgehead atoms. The van der Waals surface area contributed by atoms with Crippen LogP contribution in [0.5, 0.6) is 0 Å². The average Bonchev–Trinajstić information content (AvgIpc) is 2.37. The van der Waals surface area contributed by atoms with Crippen molar-refractivity contribution < 1.29 is 9.53 Å². The number of carbonyl (C=O) groups is 1. The van der Waals surface area contributed by atoms with Crippen LogP contribution in [0.1, 0.15) is 11.6 Å². The SMILES string of the molecule is COC(=O)[C@@H]1CN[C@H](c2cc(Cl)nc(Br)c2)CN1. The van der Waals surface area contributed by atoms with Crippen LogP contribution in [-0.2, 0) is 9.53 Å². The first-order valence-corrected chi connectivity index (χ1v) is 6.65. The molecular formula is C11H13BrClN3O2. The van der Waals surface area contributed by atoms with Crippen LogP contribution in [0.25, 0.3) is 0 Å². The van der Waals surface area contributed by atoms with E-state index in [4.69, 9.17) is 11.6 Å². The molecule has 0 spiro atoms. The van der Waals surface area contributed by atoms with Gasteiger partial charge in [0.05, 0.1) is 7.11 Å². The van der Waals surface area contributed by atoms with Crippen molar-refractivity contribution in [3.8, 4) is 0 Å². The second kappa shape index (κ2) is 5.97. The zero-order valence-corrected chi connectivity index (χ0v) is 12.1. The third-order valence-electron chi connectivity index (χ3n) is 2.81. The van der Waals surface area contributed by atoms with E-state index in [1.54, 1.807) is 0 Å². The van der Waals surface area contributed by atoms with Gasteiger partial charge in [-0.2, -0.15) is 0 Å². The van der Waals surface area contributed by atoms with Crippen LogP contribution in [-0.4, -0.2) is 37.2 Å². The van der Waals surface area contributed by atoms with Crippen LogP contribution < -0.4 is 10.6 Å². The Labute approximate surface area is 118 Å². The molecule has 0 aromatic carbocycles. The van der Waals surface area contributed by atoms with E-state index in [-0.39, 0.29) is 18.1 Å². The number of aromatic nitrogens is 1. The van der Waals surface area contributed by atoms with E-state index in [1.165, 1.54) is 7.11 Å². The number of hydrogen-bond donors (Lipinski definition) is 2. The molecule has 1 aliphatic heterocycles. The number of methoxy groups -OCH3 is 1. The zero-order valence-electron chi connectivity index (χ0n) is 9.74. The Morgan fingerprint density at radius 3 is 2.83 bits per heavy atom. The summed E-state index contributed by atoms with van der Waals surface area (Å²) in [7, 11) is 1.38. The lowest BCUT2D eigenvalue weighted by Gasteiger charge is -2.30. The van der Waals surface area contributed by atoms with E-state index in [0.29, 0.717) is 22.8 Å². The van der Waals surface area contributed by atoms with Crippen LogP contribution in [0.15, 0.2) is 16.7 Å². The van der Waals surface area contributed by atoms with Gasteiger partial charge in [0.2, 0.25) is 0 Å². The molecule has 98 valence electrons. The van der Waals surface area contributed by atoms with Gasteiger partial charge in [0, 0.05) is 19.1 Å². The molecule has 1 aromatic rings. The lowest BCUT2D eigenvalue weighted by molar-refractivity contribution is -0.143. The van der Waals surface area contributed by atoms with Gasteiger partial charge in [0.15, 0.2) is 0 Å². The van der Waals surface area contributed by atoms with E-state index >= 15 is 0 Å². The quantitative estimate of drug-likeness (QED) is 0.630. The molecular weight excluding hydrogens is 321 g/mol. The molecule has 0 radical (unpaired) electrons. The summed E-state index contributed by atoms with van der Waals surface area (Å²) in [5, 5.41) is 6.87. The molecule has 5 nitrogen and oxygen atoms in total. The Morgan fingerprint density at radius 1 is 1.50 bits per heavy atom. The number of esters is 1. The van der Waals surface area contributed by atoms with Gasteiger partial charge in [-0.1, -0.05) is 11.6 Å². The van der Waals surface area contributed by atoms with E-state index < -0.39 is 0 Å². The smallest absolute Gasteiger partial charge is 0.324 e. The molecule has 0 amide bonds. The molecule has 2 N–H and O–H groups in total. The summed E-state index contributed by atoms with van der Waals surface area (Å²) in [6.07, 6.45) is 0. The maximum atomic E-state index is 11.4. The molecule has 1 aliphatic rings. The minimum absolute atomic E-state index is 0.0997. The molecule has 0 aliphatic carbocycles. The largest absolute Gasteiger partial charge is 0.468 e. The van der Waals surface area contributed by atoms with Gasteiger partial charge in [0.1, 0.15) is 15.8 Å². The summed E-state index contributed by atoms with van der Waals surface area (Å²) in [5.41, 5.74) is 1.03. The second-order valence-corrected chi connectivity index (χ2v) is 5.19. The van der Waals surface area contributed by atoms with Crippen LogP contribution >= 0.6 is 27.5 Å². The monoisotopic (exact) mass is 333 g/mol. The van der Waals surface area contributed by atoms with Gasteiger partial charge < -0.3 is 15.4 Å². The van der Waals surface area contributed by atoms with Crippen LogP contribution in [0.4, 0.5) is 0 Å². The first kappa shape index (κ1) is 13.7. The maximum Gasteiger partial charge on any atom is 0.324 e. The minimum Gasteiger partial charge on any atom is -0.468 e. The molecule has 1 fully saturated rings. The molecule has 18 heavy (non-hydrogen) atoms. The normalized spacial score (nSPS) is 23.7. The topological polar surface area (TPSA) is 63.2 Å². The predicted octanol–water partition coefficient (Wildman–Crippen LogP) is 1.27. The number of halogens is 2. The van der Waals surface area contributed by atoms with Crippen LogP contribution in [0.3, 0.4) is 0 Å². The van der Waals surface area contributed by atoms with E-state index in [1.807, 2.05) is 12.1 Å². The number of ether oxygens (including phenoxy) is 1. The fourth-order valence-corrected chi connectivity index (χ4v) is 2.67. The van der Waals surface area contributed by atoms with Crippen molar-refractivity contribution in [1.29, 1.82) is 0 Å². The van der Waals surface area contributed by atoms with Gasteiger partial charge in [-0.3, -0.25) is 4.79 Å². The van der Waals surface area contributed by atoms with Crippen molar-refractivity contribution in [2.45, 2.75) is 12.1 Å². The highest BCUT2D eigenvalue weighted by Crippen LogP contribution is 2.21. The van der Waals surface area contributed by atoms with Gasteiger partial charge in [-0.05, 0) is 33.6 Å². The van der Waals surface area contributed by atoms with Crippen molar-refractivity contribution in [2.24, 2.45) is 0 Å². The molecule has 2 rings (SSSR count). The highest BCUT2D eigenvalue weighted by molar-refractivity contribution is 9.10. The summed E-state index contributed by atoms with van der Waals surface area (Å²) in [4.78, 5) is 15.4. The van der Waals surface area contributed by atoms with Crippen molar-refractivity contribution in [3.05, 3.63) is 27.5 Å². The third kappa shape index (κ3) is 3.20. The molecule has 7 heteroatoms. The van der Waals surface area contributed by atoms with E-state index in [0.717, 1.165) is 5.56 Å². The zero-order chi connectivity index (χ0) is 13.1. The Morgan fingerprint density at radius 2 is 2.28 bits per heavy atom. The summed E-state index contributed by atoms with van der Waals surface area (Å²) < 4.78 is 5.39.